The van der Waals surface area contributed by atoms with Crippen LogP contribution in [0.15, 0.2) is 36.4 Å². The van der Waals surface area contributed by atoms with Gasteiger partial charge in [0, 0.05) is 0 Å². The van der Waals surface area contributed by atoms with Crippen LogP contribution < -0.4 is 4.74 Å². The van der Waals surface area contributed by atoms with E-state index in [2.05, 4.69) is 6.07 Å². The van der Waals surface area contributed by atoms with Crippen LogP contribution in [-0.4, -0.2) is 12.2 Å². The summed E-state index contributed by atoms with van der Waals surface area (Å²) in [5.74, 6) is 1.15. The summed E-state index contributed by atoms with van der Waals surface area (Å²) in [4.78, 5) is 0. The van der Waals surface area contributed by atoms with Crippen molar-refractivity contribution in [2.45, 2.75) is 13.8 Å². The molecule has 0 unspecified atom stereocenters. The first kappa shape index (κ1) is 11.5. The Balaban J connectivity index is 2.52. The molecule has 0 radical (unpaired) electrons. The van der Waals surface area contributed by atoms with Crippen molar-refractivity contribution < 1.29 is 9.84 Å². The highest BCUT2D eigenvalue weighted by atomic mass is 16.5. The van der Waals surface area contributed by atoms with Crippen LogP contribution >= 0.6 is 0 Å². The molecule has 0 spiro atoms. The fourth-order valence-electron chi connectivity index (χ4n) is 2.01. The van der Waals surface area contributed by atoms with Gasteiger partial charge in [0.05, 0.1) is 7.11 Å². The molecule has 2 aromatic rings. The van der Waals surface area contributed by atoms with Crippen LogP contribution in [0, 0.1) is 13.8 Å². The number of hydrogen-bond acceptors (Lipinski definition) is 2. The molecule has 0 fully saturated rings. The van der Waals surface area contributed by atoms with Gasteiger partial charge in [0.2, 0.25) is 0 Å². The number of benzene rings is 2. The van der Waals surface area contributed by atoms with Gasteiger partial charge < -0.3 is 9.84 Å². The third kappa shape index (κ3) is 2.41. The first-order valence-electron chi connectivity index (χ1n) is 5.56. The Labute approximate surface area is 101 Å². The highest BCUT2D eigenvalue weighted by molar-refractivity contribution is 5.70. The Hall–Kier alpha value is -1.96. The lowest BCUT2D eigenvalue weighted by Crippen LogP contribution is -1.88. The molecule has 0 aliphatic heterocycles. The molecule has 0 bridgehead atoms. The molecule has 0 aliphatic rings. The molecule has 0 saturated heterocycles. The molecule has 0 saturated carbocycles. The minimum Gasteiger partial charge on any atom is -0.508 e. The fourth-order valence-corrected chi connectivity index (χ4v) is 2.01. The largest absolute Gasteiger partial charge is 0.508 e. The maximum Gasteiger partial charge on any atom is 0.119 e. The SMILES string of the molecule is COc1ccc(-c2cc(C)cc(O)c2)c(C)c1. The summed E-state index contributed by atoms with van der Waals surface area (Å²) >= 11 is 0. The van der Waals surface area contributed by atoms with Gasteiger partial charge >= 0.3 is 0 Å². The van der Waals surface area contributed by atoms with Crippen molar-refractivity contribution in [3.63, 3.8) is 0 Å². The molecule has 0 heterocycles. The minimum absolute atomic E-state index is 0.301. The molecular weight excluding hydrogens is 212 g/mol. The zero-order chi connectivity index (χ0) is 12.4. The monoisotopic (exact) mass is 228 g/mol. The van der Waals surface area contributed by atoms with Crippen LogP contribution in [0.3, 0.4) is 0 Å². The summed E-state index contributed by atoms with van der Waals surface area (Å²) in [6, 6.07) is 11.5. The summed E-state index contributed by atoms with van der Waals surface area (Å²) in [6.07, 6.45) is 0. The van der Waals surface area contributed by atoms with E-state index in [1.165, 1.54) is 0 Å². The van der Waals surface area contributed by atoms with E-state index in [9.17, 15) is 5.11 Å². The number of phenolic OH excluding ortho intramolecular Hbond substituents is 1. The molecular formula is C15H16O2. The van der Waals surface area contributed by atoms with Crippen molar-refractivity contribution in [1.82, 2.24) is 0 Å². The molecule has 1 N–H and O–H groups in total. The number of aryl methyl sites for hydroxylation is 2. The summed E-state index contributed by atoms with van der Waals surface area (Å²) in [5.41, 5.74) is 4.33. The van der Waals surface area contributed by atoms with Gasteiger partial charge in [0.1, 0.15) is 11.5 Å². The standard InChI is InChI=1S/C15H16O2/c1-10-6-12(9-13(16)7-10)15-5-4-14(17-3)8-11(15)2/h4-9,16H,1-3H3. The van der Waals surface area contributed by atoms with Gasteiger partial charge in [0.15, 0.2) is 0 Å². The lowest BCUT2D eigenvalue weighted by molar-refractivity contribution is 0.414. The first-order valence-corrected chi connectivity index (χ1v) is 5.56. The number of methoxy groups -OCH3 is 1. The molecule has 88 valence electrons. The number of rotatable bonds is 2. The summed E-state index contributed by atoms with van der Waals surface area (Å²) in [5, 5.41) is 9.62. The van der Waals surface area contributed by atoms with Crippen molar-refractivity contribution in [1.29, 1.82) is 0 Å². The Morgan fingerprint density at radius 1 is 1.00 bits per heavy atom. The summed E-state index contributed by atoms with van der Waals surface area (Å²) < 4.78 is 5.18. The topological polar surface area (TPSA) is 29.5 Å². The normalized spacial score (nSPS) is 10.3. The molecule has 0 aliphatic carbocycles. The Kier molecular flexibility index (Phi) is 3.05. The van der Waals surface area contributed by atoms with E-state index in [1.54, 1.807) is 19.2 Å². The second kappa shape index (κ2) is 4.50. The van der Waals surface area contributed by atoms with Crippen molar-refractivity contribution in [2.24, 2.45) is 0 Å². The van der Waals surface area contributed by atoms with E-state index in [1.807, 2.05) is 32.0 Å². The molecule has 2 heteroatoms. The molecule has 0 aromatic heterocycles. The number of aromatic hydroxyl groups is 1. The maximum atomic E-state index is 9.62. The predicted molar refractivity (Wildman–Crippen MR) is 69.6 cm³/mol. The number of hydrogen-bond donors (Lipinski definition) is 1. The Morgan fingerprint density at radius 2 is 1.76 bits per heavy atom. The summed E-state index contributed by atoms with van der Waals surface area (Å²) in [6.45, 7) is 4.01. The second-order valence-electron chi connectivity index (χ2n) is 4.24. The fraction of sp³-hybridized carbons (Fsp3) is 0.200. The zero-order valence-electron chi connectivity index (χ0n) is 10.3. The predicted octanol–water partition coefficient (Wildman–Crippen LogP) is 3.68. The van der Waals surface area contributed by atoms with Crippen LogP contribution in [0.2, 0.25) is 0 Å². The third-order valence-electron chi connectivity index (χ3n) is 2.81. The van der Waals surface area contributed by atoms with E-state index in [0.717, 1.165) is 28.0 Å². The summed E-state index contributed by atoms with van der Waals surface area (Å²) in [7, 11) is 1.66. The van der Waals surface area contributed by atoms with Gasteiger partial charge in [-0.25, -0.2) is 0 Å². The first-order chi connectivity index (χ1) is 8.10. The second-order valence-corrected chi connectivity index (χ2v) is 4.24. The molecule has 2 nitrogen and oxygen atoms in total. The average molecular weight is 228 g/mol. The van der Waals surface area contributed by atoms with Crippen LogP contribution in [-0.2, 0) is 0 Å². The van der Waals surface area contributed by atoms with E-state index >= 15 is 0 Å². The lowest BCUT2D eigenvalue weighted by Gasteiger charge is -2.09. The third-order valence-corrected chi connectivity index (χ3v) is 2.81. The van der Waals surface area contributed by atoms with E-state index < -0.39 is 0 Å². The van der Waals surface area contributed by atoms with E-state index in [-0.39, 0.29) is 0 Å². The molecule has 0 amide bonds. The van der Waals surface area contributed by atoms with Crippen LogP contribution in [0.1, 0.15) is 11.1 Å². The molecule has 2 aromatic carbocycles. The number of ether oxygens (including phenoxy) is 1. The Bertz CT molecular complexity index is 524. The average Bonchev–Trinajstić information content (AvgIpc) is 2.27. The van der Waals surface area contributed by atoms with Gasteiger partial charge in [-0.1, -0.05) is 12.1 Å². The smallest absolute Gasteiger partial charge is 0.119 e. The van der Waals surface area contributed by atoms with Gasteiger partial charge in [-0.2, -0.15) is 0 Å². The minimum atomic E-state index is 0.301. The molecule has 17 heavy (non-hydrogen) atoms. The van der Waals surface area contributed by atoms with Crippen LogP contribution in [0.4, 0.5) is 0 Å². The van der Waals surface area contributed by atoms with Crippen molar-refractivity contribution in [2.75, 3.05) is 7.11 Å². The molecule has 0 atom stereocenters. The van der Waals surface area contributed by atoms with Crippen molar-refractivity contribution in [3.05, 3.63) is 47.5 Å². The lowest BCUT2D eigenvalue weighted by atomic mass is 9.98. The quantitative estimate of drug-likeness (QED) is 0.849. The Morgan fingerprint density at radius 3 is 2.35 bits per heavy atom. The molecule has 2 rings (SSSR count). The van der Waals surface area contributed by atoms with Gasteiger partial charge in [-0.15, -0.1) is 0 Å². The maximum absolute atomic E-state index is 9.62. The van der Waals surface area contributed by atoms with Crippen molar-refractivity contribution in [3.8, 4) is 22.6 Å². The highest BCUT2D eigenvalue weighted by Gasteiger charge is 2.05. The van der Waals surface area contributed by atoms with Crippen LogP contribution in [0.25, 0.3) is 11.1 Å². The zero-order valence-corrected chi connectivity index (χ0v) is 10.3. The van der Waals surface area contributed by atoms with Gasteiger partial charge in [-0.3, -0.25) is 0 Å². The van der Waals surface area contributed by atoms with E-state index in [0.29, 0.717) is 5.75 Å². The number of phenols is 1. The van der Waals surface area contributed by atoms with E-state index in [4.69, 9.17) is 4.74 Å². The van der Waals surface area contributed by atoms with Gasteiger partial charge in [-0.05, 0) is 60.4 Å². The van der Waals surface area contributed by atoms with Crippen molar-refractivity contribution >= 4 is 0 Å². The highest BCUT2D eigenvalue weighted by Crippen LogP contribution is 2.29. The van der Waals surface area contributed by atoms with Gasteiger partial charge in [0.25, 0.3) is 0 Å². The van der Waals surface area contributed by atoms with Crippen LogP contribution in [0.5, 0.6) is 11.5 Å².